The smallest absolute Gasteiger partial charge is 0.112 e. The molecule has 0 aliphatic rings. The van der Waals surface area contributed by atoms with Crippen LogP contribution in [0.3, 0.4) is 0 Å². The Kier molecular flexibility index (Phi) is 4.67. The van der Waals surface area contributed by atoms with Gasteiger partial charge in [0.15, 0.2) is 0 Å². The van der Waals surface area contributed by atoms with Crippen molar-refractivity contribution in [1.82, 2.24) is 0 Å². The van der Waals surface area contributed by atoms with E-state index in [1.807, 2.05) is 0 Å². The summed E-state index contributed by atoms with van der Waals surface area (Å²) in [4.78, 5) is 0. The van der Waals surface area contributed by atoms with Crippen molar-refractivity contribution >= 4 is 17.6 Å². The second kappa shape index (κ2) is 4.70. The molecule has 0 aliphatic carbocycles. The first-order valence-electron chi connectivity index (χ1n) is 2.73. The highest BCUT2D eigenvalue weighted by Crippen LogP contribution is 1.97. The third-order valence-corrected chi connectivity index (χ3v) is 1.35. The number of hydrogen-bond donors (Lipinski definition) is 4. The molecule has 0 rings (SSSR count). The molecule has 5 heteroatoms. The molecule has 0 saturated heterocycles. The van der Waals surface area contributed by atoms with Gasteiger partial charge in [-0.15, -0.1) is 0 Å². The van der Waals surface area contributed by atoms with E-state index in [9.17, 15) is 0 Å². The summed E-state index contributed by atoms with van der Waals surface area (Å²) in [5.41, 5.74) is 0. The van der Waals surface area contributed by atoms with E-state index in [0.29, 0.717) is 0 Å². The molecule has 0 saturated carbocycles. The van der Waals surface area contributed by atoms with Crippen LogP contribution in [0, 0.1) is 0 Å². The second-order valence-electron chi connectivity index (χ2n) is 1.87. The summed E-state index contributed by atoms with van der Waals surface area (Å²) in [7, 11) is 0. The van der Waals surface area contributed by atoms with Gasteiger partial charge in [-0.05, 0) is 0 Å². The van der Waals surface area contributed by atoms with Gasteiger partial charge in [0, 0.05) is 5.37 Å². The van der Waals surface area contributed by atoms with E-state index in [2.05, 4.69) is 12.2 Å². The number of rotatable bonds is 4. The molecule has 0 unspecified atom stereocenters. The molecular formula is C5H10O4S. The summed E-state index contributed by atoms with van der Waals surface area (Å²) in [5, 5.41) is 35.5. The van der Waals surface area contributed by atoms with Crippen molar-refractivity contribution in [2.45, 2.75) is 18.3 Å². The van der Waals surface area contributed by atoms with Gasteiger partial charge in [0.2, 0.25) is 0 Å². The quantitative estimate of drug-likeness (QED) is 0.365. The van der Waals surface area contributed by atoms with E-state index < -0.39 is 24.9 Å². The molecule has 60 valence electrons. The van der Waals surface area contributed by atoms with Gasteiger partial charge < -0.3 is 20.4 Å². The molecular weight excluding hydrogens is 156 g/mol. The Bertz CT molecular complexity index is 108. The molecule has 0 amide bonds. The number of aliphatic hydroxyl groups is 4. The van der Waals surface area contributed by atoms with E-state index >= 15 is 0 Å². The Balaban J connectivity index is 3.80. The molecule has 0 fully saturated rings. The van der Waals surface area contributed by atoms with Crippen LogP contribution in [-0.2, 0) is 0 Å². The Labute approximate surface area is 63.7 Å². The van der Waals surface area contributed by atoms with Crippen molar-refractivity contribution in [3.63, 3.8) is 0 Å². The van der Waals surface area contributed by atoms with Gasteiger partial charge in [-0.1, -0.05) is 12.2 Å². The van der Waals surface area contributed by atoms with Crippen molar-refractivity contribution in [3.05, 3.63) is 0 Å². The Morgan fingerprint density at radius 1 is 1.30 bits per heavy atom. The Morgan fingerprint density at radius 2 is 1.80 bits per heavy atom. The first-order chi connectivity index (χ1) is 4.63. The van der Waals surface area contributed by atoms with E-state index in [1.165, 1.54) is 0 Å². The van der Waals surface area contributed by atoms with E-state index in [4.69, 9.17) is 20.4 Å². The normalized spacial score (nSPS) is 19.6. The molecule has 0 radical (unpaired) electrons. The molecule has 0 aromatic carbocycles. The zero-order valence-corrected chi connectivity index (χ0v) is 6.03. The fourth-order valence-corrected chi connectivity index (χ4v) is 0.577. The number of thiocarbonyl (C=S) groups is 1. The van der Waals surface area contributed by atoms with Crippen molar-refractivity contribution in [2.24, 2.45) is 0 Å². The van der Waals surface area contributed by atoms with Crippen LogP contribution in [0.4, 0.5) is 0 Å². The lowest BCUT2D eigenvalue weighted by molar-refractivity contribution is -0.0536. The molecule has 0 spiro atoms. The minimum Gasteiger partial charge on any atom is -0.394 e. The zero-order chi connectivity index (χ0) is 8.15. The molecule has 3 atom stereocenters. The summed E-state index contributed by atoms with van der Waals surface area (Å²) in [6.07, 6.45) is -4.01. The highest BCUT2D eigenvalue weighted by atomic mass is 32.1. The first kappa shape index (κ1) is 9.93. The lowest BCUT2D eigenvalue weighted by atomic mass is 10.1. The lowest BCUT2D eigenvalue weighted by Crippen LogP contribution is -2.39. The Morgan fingerprint density at radius 3 is 2.10 bits per heavy atom. The zero-order valence-electron chi connectivity index (χ0n) is 5.21. The Hall–Kier alpha value is -0.0700. The SMILES string of the molecule is OC[C@H](O)[C@@H](O)[C@@H](O)C=S. The largest absolute Gasteiger partial charge is 0.394 e. The van der Waals surface area contributed by atoms with E-state index in [0.717, 1.165) is 5.37 Å². The van der Waals surface area contributed by atoms with Crippen LogP contribution in [0.25, 0.3) is 0 Å². The minimum atomic E-state index is -1.40. The van der Waals surface area contributed by atoms with Crippen LogP contribution in [0.5, 0.6) is 0 Å². The van der Waals surface area contributed by atoms with E-state index in [1.54, 1.807) is 0 Å². The van der Waals surface area contributed by atoms with Crippen molar-refractivity contribution in [3.8, 4) is 0 Å². The van der Waals surface area contributed by atoms with Gasteiger partial charge in [0.25, 0.3) is 0 Å². The summed E-state index contributed by atoms with van der Waals surface area (Å²) in [5.74, 6) is 0. The third-order valence-electron chi connectivity index (χ3n) is 1.07. The van der Waals surface area contributed by atoms with Gasteiger partial charge in [0.1, 0.15) is 18.3 Å². The summed E-state index contributed by atoms with van der Waals surface area (Å²) >= 11 is 4.29. The number of hydrogen-bond acceptors (Lipinski definition) is 5. The van der Waals surface area contributed by atoms with Crippen molar-refractivity contribution in [1.29, 1.82) is 0 Å². The molecule has 0 aromatic heterocycles. The predicted octanol–water partition coefficient (Wildman–Crippen LogP) is -1.94. The summed E-state index contributed by atoms with van der Waals surface area (Å²) in [6, 6.07) is 0. The highest BCUT2D eigenvalue weighted by Gasteiger charge is 2.21. The van der Waals surface area contributed by atoms with Crippen LogP contribution < -0.4 is 0 Å². The van der Waals surface area contributed by atoms with Crippen molar-refractivity contribution < 1.29 is 20.4 Å². The maximum Gasteiger partial charge on any atom is 0.112 e. The molecule has 0 aromatic rings. The minimum absolute atomic E-state index is 0.596. The fourth-order valence-electron chi connectivity index (χ4n) is 0.416. The standard InChI is InChI=1S/C5H10O4S/c6-1-3(7)5(9)4(8)2-10/h2-9H,1H2/t3-,4-,5+/m0/s1. The average Bonchev–Trinajstić information content (AvgIpc) is 2.00. The summed E-state index contributed by atoms with van der Waals surface area (Å²) < 4.78 is 0. The van der Waals surface area contributed by atoms with Crippen LogP contribution in [0.2, 0.25) is 0 Å². The first-order valence-corrected chi connectivity index (χ1v) is 3.21. The van der Waals surface area contributed by atoms with Gasteiger partial charge in [-0.25, -0.2) is 0 Å². The monoisotopic (exact) mass is 166 g/mol. The molecule has 0 aliphatic heterocycles. The fraction of sp³-hybridized carbons (Fsp3) is 0.800. The number of aliphatic hydroxyl groups excluding tert-OH is 4. The van der Waals surface area contributed by atoms with Crippen LogP contribution in [-0.4, -0.2) is 50.7 Å². The molecule has 0 bridgehead atoms. The third kappa shape index (κ3) is 2.68. The van der Waals surface area contributed by atoms with Gasteiger partial charge >= 0.3 is 0 Å². The highest BCUT2D eigenvalue weighted by molar-refractivity contribution is 7.79. The topological polar surface area (TPSA) is 80.9 Å². The van der Waals surface area contributed by atoms with E-state index in [-0.39, 0.29) is 0 Å². The maximum atomic E-state index is 8.83. The average molecular weight is 166 g/mol. The van der Waals surface area contributed by atoms with Crippen LogP contribution in [0.1, 0.15) is 0 Å². The summed E-state index contributed by atoms with van der Waals surface area (Å²) in [6.45, 7) is -0.596. The molecule has 0 heterocycles. The van der Waals surface area contributed by atoms with Crippen LogP contribution >= 0.6 is 12.2 Å². The second-order valence-corrected chi connectivity index (χ2v) is 2.14. The molecule has 4 N–H and O–H groups in total. The predicted molar refractivity (Wildman–Crippen MR) is 38.8 cm³/mol. The van der Waals surface area contributed by atoms with Crippen LogP contribution in [0.15, 0.2) is 0 Å². The van der Waals surface area contributed by atoms with Gasteiger partial charge in [-0.3, -0.25) is 0 Å². The van der Waals surface area contributed by atoms with Crippen molar-refractivity contribution in [2.75, 3.05) is 6.61 Å². The maximum absolute atomic E-state index is 8.83. The molecule has 4 nitrogen and oxygen atoms in total. The van der Waals surface area contributed by atoms with Gasteiger partial charge in [-0.2, -0.15) is 0 Å². The lowest BCUT2D eigenvalue weighted by Gasteiger charge is -2.17. The molecule has 10 heavy (non-hydrogen) atoms. The van der Waals surface area contributed by atoms with Gasteiger partial charge in [0.05, 0.1) is 6.61 Å².